The summed E-state index contributed by atoms with van der Waals surface area (Å²) >= 11 is 0. The largest absolute Gasteiger partial charge is 0.218 e. The van der Waals surface area contributed by atoms with Gasteiger partial charge in [-0.05, 0) is 40.8 Å². The number of aromatic nitrogens is 1. The molecular formula is C22H20N+. The number of nitrogens with zero attached hydrogens (tertiary/aromatic N) is 1. The molecule has 1 heterocycles. The van der Waals surface area contributed by atoms with Crippen LogP contribution in [-0.2, 0) is 0 Å². The maximum absolute atomic E-state index is 2.35. The second-order valence-corrected chi connectivity index (χ2v) is 6.35. The smallest absolute Gasteiger partial charge is 0.162 e. The lowest BCUT2D eigenvalue weighted by atomic mass is 10.0. The van der Waals surface area contributed by atoms with Crippen LogP contribution in [0, 0.1) is 20.8 Å². The number of hydrogen-bond acceptors (Lipinski definition) is 0. The molecule has 0 bridgehead atoms. The van der Waals surface area contributed by atoms with Gasteiger partial charge in [0.25, 0.3) is 0 Å². The van der Waals surface area contributed by atoms with Gasteiger partial charge in [-0.1, -0.05) is 36.4 Å². The van der Waals surface area contributed by atoms with Crippen molar-refractivity contribution in [1.29, 1.82) is 0 Å². The Kier molecular flexibility index (Phi) is 3.16. The fourth-order valence-electron chi connectivity index (χ4n) is 3.63. The van der Waals surface area contributed by atoms with Gasteiger partial charge in [0.2, 0.25) is 5.69 Å². The third kappa shape index (κ3) is 2.29. The van der Waals surface area contributed by atoms with E-state index >= 15 is 0 Å². The van der Waals surface area contributed by atoms with Crippen LogP contribution in [0.3, 0.4) is 0 Å². The van der Waals surface area contributed by atoms with Crippen LogP contribution < -0.4 is 4.57 Å². The molecule has 0 radical (unpaired) electrons. The van der Waals surface area contributed by atoms with E-state index in [4.69, 9.17) is 0 Å². The summed E-state index contributed by atoms with van der Waals surface area (Å²) in [6.45, 7) is 6.51. The molecule has 1 heteroatoms. The van der Waals surface area contributed by atoms with Gasteiger partial charge in [0.05, 0.1) is 5.39 Å². The molecule has 0 amide bonds. The lowest BCUT2D eigenvalue weighted by Crippen LogP contribution is -2.37. The van der Waals surface area contributed by atoms with E-state index in [0.29, 0.717) is 0 Å². The van der Waals surface area contributed by atoms with Gasteiger partial charge in [-0.15, -0.1) is 0 Å². The van der Waals surface area contributed by atoms with Gasteiger partial charge in [0.1, 0.15) is 0 Å². The average Bonchev–Trinajstić information content (AvgIpc) is 2.52. The van der Waals surface area contributed by atoms with E-state index in [1.165, 1.54) is 44.2 Å². The number of fused-ring (bicyclic) bond motifs is 2. The van der Waals surface area contributed by atoms with E-state index in [9.17, 15) is 0 Å². The van der Waals surface area contributed by atoms with Gasteiger partial charge in [0.15, 0.2) is 11.4 Å². The lowest BCUT2D eigenvalue weighted by Gasteiger charge is -2.09. The summed E-state index contributed by atoms with van der Waals surface area (Å²) in [6, 6.07) is 24.2. The standard InChI is InChI=1S/C22H20N/c1-15-11-16(2)23(17(3)12-15)22-10-6-9-20-13-18-7-4-5-8-19(18)14-21(20)22/h4-14H,1-3H3/q+1. The Hall–Kier alpha value is -2.67. The monoisotopic (exact) mass is 298 g/mol. The summed E-state index contributed by atoms with van der Waals surface area (Å²) in [4.78, 5) is 0. The first kappa shape index (κ1) is 14.0. The van der Waals surface area contributed by atoms with Crippen molar-refractivity contribution in [1.82, 2.24) is 0 Å². The molecule has 0 aliphatic heterocycles. The Morgan fingerprint density at radius 2 is 1.22 bits per heavy atom. The maximum Gasteiger partial charge on any atom is 0.218 e. The highest BCUT2D eigenvalue weighted by Crippen LogP contribution is 2.26. The van der Waals surface area contributed by atoms with Crippen molar-refractivity contribution in [2.24, 2.45) is 0 Å². The average molecular weight is 298 g/mol. The predicted molar refractivity (Wildman–Crippen MR) is 97.2 cm³/mol. The minimum Gasteiger partial charge on any atom is -0.162 e. The maximum atomic E-state index is 2.35. The van der Waals surface area contributed by atoms with Crippen molar-refractivity contribution >= 4 is 21.5 Å². The topological polar surface area (TPSA) is 3.88 Å². The first-order chi connectivity index (χ1) is 11.1. The molecule has 3 aromatic carbocycles. The first-order valence-electron chi connectivity index (χ1n) is 8.05. The van der Waals surface area contributed by atoms with E-state index < -0.39 is 0 Å². The molecular weight excluding hydrogens is 278 g/mol. The van der Waals surface area contributed by atoms with Crippen molar-refractivity contribution in [2.75, 3.05) is 0 Å². The molecule has 4 rings (SSSR count). The van der Waals surface area contributed by atoms with Crippen molar-refractivity contribution in [3.05, 3.63) is 83.7 Å². The Bertz CT molecular complexity index is 1020. The highest BCUT2D eigenvalue weighted by atomic mass is 15.0. The van der Waals surface area contributed by atoms with E-state index in [-0.39, 0.29) is 0 Å². The van der Waals surface area contributed by atoms with Crippen LogP contribution in [0.4, 0.5) is 0 Å². The van der Waals surface area contributed by atoms with Crippen molar-refractivity contribution in [3.63, 3.8) is 0 Å². The molecule has 23 heavy (non-hydrogen) atoms. The van der Waals surface area contributed by atoms with E-state index in [2.05, 4.69) is 92.1 Å². The van der Waals surface area contributed by atoms with Crippen LogP contribution in [0.2, 0.25) is 0 Å². The molecule has 4 aromatic rings. The molecule has 0 saturated carbocycles. The molecule has 1 nitrogen and oxygen atoms in total. The van der Waals surface area contributed by atoms with Crippen LogP contribution in [0.25, 0.3) is 27.2 Å². The Morgan fingerprint density at radius 1 is 0.609 bits per heavy atom. The van der Waals surface area contributed by atoms with Gasteiger partial charge >= 0.3 is 0 Å². The van der Waals surface area contributed by atoms with Gasteiger partial charge in [-0.25, -0.2) is 0 Å². The summed E-state index contributed by atoms with van der Waals surface area (Å²) < 4.78 is 2.35. The number of hydrogen-bond donors (Lipinski definition) is 0. The highest BCUT2D eigenvalue weighted by Gasteiger charge is 2.18. The summed E-state index contributed by atoms with van der Waals surface area (Å²) in [5.41, 5.74) is 5.09. The third-order valence-corrected chi connectivity index (χ3v) is 4.54. The van der Waals surface area contributed by atoms with Crippen LogP contribution in [-0.4, -0.2) is 0 Å². The molecule has 0 aliphatic carbocycles. The SMILES string of the molecule is Cc1cc(C)[n+](-c2cccc3cc4ccccc4cc23)c(C)c1. The minimum absolute atomic E-state index is 1.25. The van der Waals surface area contributed by atoms with Crippen molar-refractivity contribution in [3.8, 4) is 5.69 Å². The quantitative estimate of drug-likeness (QED) is 0.336. The van der Waals surface area contributed by atoms with Crippen molar-refractivity contribution < 1.29 is 4.57 Å². The van der Waals surface area contributed by atoms with Crippen LogP contribution >= 0.6 is 0 Å². The Balaban J connectivity index is 2.10. The van der Waals surface area contributed by atoms with Crippen molar-refractivity contribution in [2.45, 2.75) is 20.8 Å². The number of benzene rings is 3. The second kappa shape index (κ2) is 5.20. The number of rotatable bonds is 1. The fourth-order valence-corrected chi connectivity index (χ4v) is 3.63. The lowest BCUT2D eigenvalue weighted by molar-refractivity contribution is -0.608. The normalized spacial score (nSPS) is 11.3. The summed E-state index contributed by atoms with van der Waals surface area (Å²) in [6.07, 6.45) is 0. The minimum atomic E-state index is 1.25. The molecule has 0 unspecified atom stereocenters. The van der Waals surface area contributed by atoms with E-state index in [0.717, 1.165) is 0 Å². The Morgan fingerprint density at radius 3 is 1.91 bits per heavy atom. The van der Waals surface area contributed by atoms with Gasteiger partial charge in [-0.2, -0.15) is 4.57 Å². The highest BCUT2D eigenvalue weighted by molar-refractivity contribution is 6.00. The molecule has 0 aliphatic rings. The van der Waals surface area contributed by atoms with Gasteiger partial charge in [-0.3, -0.25) is 0 Å². The molecule has 0 spiro atoms. The zero-order chi connectivity index (χ0) is 16.0. The van der Waals surface area contributed by atoms with Gasteiger partial charge in [0, 0.05) is 32.0 Å². The number of pyridine rings is 1. The summed E-state index contributed by atoms with van der Waals surface area (Å²) in [7, 11) is 0. The molecule has 112 valence electrons. The third-order valence-electron chi connectivity index (χ3n) is 4.54. The molecule has 1 aromatic heterocycles. The van der Waals surface area contributed by atoms with Crippen LogP contribution in [0.5, 0.6) is 0 Å². The van der Waals surface area contributed by atoms with Crippen LogP contribution in [0.1, 0.15) is 17.0 Å². The molecule has 0 saturated heterocycles. The summed E-state index contributed by atoms with van der Waals surface area (Å²) in [5.74, 6) is 0. The zero-order valence-corrected chi connectivity index (χ0v) is 13.8. The zero-order valence-electron chi connectivity index (χ0n) is 13.8. The van der Waals surface area contributed by atoms with E-state index in [1.54, 1.807) is 0 Å². The molecule has 0 N–H and O–H groups in total. The van der Waals surface area contributed by atoms with Crippen LogP contribution in [0.15, 0.2) is 66.7 Å². The number of aryl methyl sites for hydroxylation is 3. The fraction of sp³-hybridized carbons (Fsp3) is 0.136. The predicted octanol–water partition coefficient (Wildman–Crippen LogP) is 5.19. The van der Waals surface area contributed by atoms with E-state index in [1.807, 2.05) is 0 Å². The molecule has 0 atom stereocenters. The second-order valence-electron chi connectivity index (χ2n) is 6.35. The Labute approximate surface area is 136 Å². The van der Waals surface area contributed by atoms with Gasteiger partial charge < -0.3 is 0 Å². The molecule has 0 fully saturated rings. The summed E-state index contributed by atoms with van der Waals surface area (Å²) in [5, 5.41) is 5.16. The first-order valence-corrected chi connectivity index (χ1v) is 8.05.